The third-order valence-electron chi connectivity index (χ3n) is 4.18. The number of rotatable bonds is 3. The van der Waals surface area contributed by atoms with Crippen molar-refractivity contribution in [2.45, 2.75) is 25.6 Å². The minimum atomic E-state index is -0.453. The summed E-state index contributed by atoms with van der Waals surface area (Å²) in [6.07, 6.45) is 1.44. The minimum Gasteiger partial charge on any atom is -0.484 e. The van der Waals surface area contributed by atoms with E-state index in [2.05, 4.69) is 0 Å². The summed E-state index contributed by atoms with van der Waals surface area (Å²) in [6.45, 7) is 4.52. The summed E-state index contributed by atoms with van der Waals surface area (Å²) >= 11 is 5.97. The zero-order valence-corrected chi connectivity index (χ0v) is 13.4. The quantitative estimate of drug-likeness (QED) is 0.856. The van der Waals surface area contributed by atoms with Gasteiger partial charge in [0.05, 0.1) is 13.2 Å². The van der Waals surface area contributed by atoms with Crippen molar-refractivity contribution >= 4 is 17.5 Å². The molecule has 0 aliphatic carbocycles. The van der Waals surface area contributed by atoms with E-state index in [0.717, 1.165) is 18.4 Å². The average Bonchev–Trinajstić information content (AvgIpc) is 2.97. The highest BCUT2D eigenvalue weighted by atomic mass is 35.5. The third kappa shape index (κ3) is 3.37. The first-order valence-electron chi connectivity index (χ1n) is 7.53. The molecule has 0 atom stereocenters. The number of halogens is 1. The van der Waals surface area contributed by atoms with Crippen LogP contribution in [0.2, 0.25) is 5.02 Å². The van der Waals surface area contributed by atoms with E-state index in [4.69, 9.17) is 25.8 Å². The molecule has 2 aliphatic rings. The summed E-state index contributed by atoms with van der Waals surface area (Å²) in [5.74, 6) is 0.192. The Bertz CT molecular complexity index is 547. The second kappa shape index (κ2) is 6.44. The molecule has 3 rings (SSSR count). The first-order chi connectivity index (χ1) is 10.6. The van der Waals surface area contributed by atoms with E-state index >= 15 is 0 Å². The summed E-state index contributed by atoms with van der Waals surface area (Å²) in [4.78, 5) is 14.0. The number of carbonyl (C=O) groups is 1. The molecule has 120 valence electrons. The van der Waals surface area contributed by atoms with Crippen molar-refractivity contribution in [1.82, 2.24) is 4.90 Å². The van der Waals surface area contributed by atoms with Gasteiger partial charge in [0.2, 0.25) is 0 Å². The lowest BCUT2D eigenvalue weighted by Gasteiger charge is -2.37. The third-order valence-corrected chi connectivity index (χ3v) is 4.61. The second-order valence-electron chi connectivity index (χ2n) is 5.69. The Morgan fingerprint density at radius 1 is 1.32 bits per heavy atom. The molecule has 6 heteroatoms. The van der Waals surface area contributed by atoms with Crippen molar-refractivity contribution in [1.29, 1.82) is 0 Å². The highest BCUT2D eigenvalue weighted by molar-refractivity contribution is 6.31. The number of piperidine rings is 1. The molecule has 0 bridgehead atoms. The van der Waals surface area contributed by atoms with Crippen molar-refractivity contribution in [3.8, 4) is 5.75 Å². The second-order valence-corrected chi connectivity index (χ2v) is 6.10. The maximum Gasteiger partial charge on any atom is 0.260 e. The van der Waals surface area contributed by atoms with Crippen LogP contribution in [0.5, 0.6) is 5.75 Å². The Kier molecular flexibility index (Phi) is 4.57. The van der Waals surface area contributed by atoms with E-state index in [1.807, 2.05) is 13.0 Å². The van der Waals surface area contributed by atoms with Crippen LogP contribution in [-0.4, -0.2) is 49.5 Å². The highest BCUT2D eigenvalue weighted by Crippen LogP contribution is 2.31. The Balaban J connectivity index is 1.49. The number of hydrogen-bond acceptors (Lipinski definition) is 4. The van der Waals surface area contributed by atoms with Gasteiger partial charge >= 0.3 is 0 Å². The molecule has 1 aromatic rings. The van der Waals surface area contributed by atoms with Gasteiger partial charge < -0.3 is 19.1 Å². The van der Waals surface area contributed by atoms with E-state index < -0.39 is 5.79 Å². The standard InChI is InChI=1S/C16H20ClNO4/c1-12-10-13(2-3-14(12)17)20-11-15(19)18-6-4-16(5-7-18)21-8-9-22-16/h2-3,10H,4-9,11H2,1H3. The number of hydrogen-bond donors (Lipinski definition) is 0. The van der Waals surface area contributed by atoms with Crippen molar-refractivity contribution in [3.63, 3.8) is 0 Å². The zero-order valence-electron chi connectivity index (χ0n) is 12.6. The maximum absolute atomic E-state index is 12.2. The molecule has 2 saturated heterocycles. The summed E-state index contributed by atoms with van der Waals surface area (Å²) in [5.41, 5.74) is 0.932. The van der Waals surface area contributed by atoms with Crippen LogP contribution in [0.3, 0.4) is 0 Å². The average molecular weight is 326 g/mol. The lowest BCUT2D eigenvalue weighted by atomic mass is 10.0. The highest BCUT2D eigenvalue weighted by Gasteiger charge is 2.40. The predicted molar refractivity (Wildman–Crippen MR) is 82.1 cm³/mol. The van der Waals surface area contributed by atoms with Gasteiger partial charge in [-0.25, -0.2) is 0 Å². The lowest BCUT2D eigenvalue weighted by molar-refractivity contribution is -0.187. The van der Waals surface area contributed by atoms with Gasteiger partial charge in [-0.3, -0.25) is 4.79 Å². The van der Waals surface area contributed by atoms with Gasteiger partial charge in [-0.2, -0.15) is 0 Å². The van der Waals surface area contributed by atoms with E-state index in [9.17, 15) is 4.79 Å². The molecular weight excluding hydrogens is 306 g/mol. The van der Waals surface area contributed by atoms with Gasteiger partial charge in [0.25, 0.3) is 5.91 Å². The van der Waals surface area contributed by atoms with Gasteiger partial charge in [0, 0.05) is 31.0 Å². The molecule has 1 aromatic carbocycles. The molecule has 2 aliphatic heterocycles. The molecule has 22 heavy (non-hydrogen) atoms. The summed E-state index contributed by atoms with van der Waals surface area (Å²) < 4.78 is 16.9. The number of ether oxygens (including phenoxy) is 3. The molecule has 5 nitrogen and oxygen atoms in total. The van der Waals surface area contributed by atoms with Crippen LogP contribution in [0.25, 0.3) is 0 Å². The molecule has 2 fully saturated rings. The predicted octanol–water partition coefficient (Wildman–Crippen LogP) is 2.39. The van der Waals surface area contributed by atoms with Crippen LogP contribution in [0.15, 0.2) is 18.2 Å². The molecule has 0 N–H and O–H groups in total. The molecule has 0 aromatic heterocycles. The summed E-state index contributed by atoms with van der Waals surface area (Å²) in [5, 5.41) is 0.691. The van der Waals surface area contributed by atoms with Crippen molar-refractivity contribution in [2.75, 3.05) is 32.9 Å². The van der Waals surface area contributed by atoms with E-state index in [1.165, 1.54) is 0 Å². The molecule has 1 amide bonds. The van der Waals surface area contributed by atoms with Gasteiger partial charge in [-0.05, 0) is 30.7 Å². The van der Waals surface area contributed by atoms with Gasteiger partial charge in [-0.1, -0.05) is 11.6 Å². The van der Waals surface area contributed by atoms with Crippen molar-refractivity contribution in [2.24, 2.45) is 0 Å². The topological polar surface area (TPSA) is 48.0 Å². The summed E-state index contributed by atoms with van der Waals surface area (Å²) in [7, 11) is 0. The van der Waals surface area contributed by atoms with Crippen LogP contribution in [0, 0.1) is 6.92 Å². The fourth-order valence-corrected chi connectivity index (χ4v) is 2.94. The van der Waals surface area contributed by atoms with Gasteiger partial charge in [-0.15, -0.1) is 0 Å². The molecule has 0 saturated carbocycles. The number of aryl methyl sites for hydroxylation is 1. The van der Waals surface area contributed by atoms with Crippen LogP contribution in [0.4, 0.5) is 0 Å². The maximum atomic E-state index is 12.2. The minimum absolute atomic E-state index is 0.0135. The van der Waals surface area contributed by atoms with E-state index in [1.54, 1.807) is 17.0 Å². The molecule has 1 spiro atoms. The lowest BCUT2D eigenvalue weighted by Crippen LogP contribution is -2.48. The Morgan fingerprint density at radius 2 is 2.00 bits per heavy atom. The van der Waals surface area contributed by atoms with Crippen LogP contribution in [0.1, 0.15) is 18.4 Å². The van der Waals surface area contributed by atoms with Gasteiger partial charge in [0.15, 0.2) is 12.4 Å². The van der Waals surface area contributed by atoms with Gasteiger partial charge in [0.1, 0.15) is 5.75 Å². The Hall–Kier alpha value is -1.30. The van der Waals surface area contributed by atoms with Crippen LogP contribution < -0.4 is 4.74 Å². The smallest absolute Gasteiger partial charge is 0.260 e. The number of carbonyl (C=O) groups excluding carboxylic acids is 1. The fraction of sp³-hybridized carbons (Fsp3) is 0.562. The largest absolute Gasteiger partial charge is 0.484 e. The monoisotopic (exact) mass is 325 g/mol. The van der Waals surface area contributed by atoms with Crippen molar-refractivity contribution < 1.29 is 19.0 Å². The summed E-state index contributed by atoms with van der Waals surface area (Å²) in [6, 6.07) is 5.38. The van der Waals surface area contributed by atoms with E-state index in [-0.39, 0.29) is 12.5 Å². The number of nitrogens with zero attached hydrogens (tertiary/aromatic N) is 1. The van der Waals surface area contributed by atoms with Crippen molar-refractivity contribution in [3.05, 3.63) is 28.8 Å². The van der Waals surface area contributed by atoms with E-state index in [0.29, 0.717) is 37.1 Å². The first kappa shape index (κ1) is 15.6. The molecule has 0 unspecified atom stereocenters. The number of amides is 1. The first-order valence-corrected chi connectivity index (χ1v) is 7.90. The zero-order chi connectivity index (χ0) is 15.6. The Morgan fingerprint density at radius 3 is 2.64 bits per heavy atom. The number of benzene rings is 1. The number of likely N-dealkylation sites (tertiary alicyclic amines) is 1. The molecule has 2 heterocycles. The van der Waals surface area contributed by atoms with Crippen LogP contribution in [-0.2, 0) is 14.3 Å². The molecular formula is C16H20ClNO4. The molecule has 0 radical (unpaired) electrons. The fourth-order valence-electron chi connectivity index (χ4n) is 2.83. The SMILES string of the molecule is Cc1cc(OCC(=O)N2CCC3(CC2)OCCO3)ccc1Cl. The normalized spacial score (nSPS) is 20.4. The van der Waals surface area contributed by atoms with Crippen LogP contribution >= 0.6 is 11.6 Å². The Labute approximate surface area is 135 Å².